The summed E-state index contributed by atoms with van der Waals surface area (Å²) in [5.74, 6) is 1.83. The van der Waals surface area contributed by atoms with Crippen molar-refractivity contribution in [1.29, 1.82) is 0 Å². The van der Waals surface area contributed by atoms with Crippen molar-refractivity contribution in [2.24, 2.45) is 0 Å². The number of aryl methyl sites for hydroxylation is 1. The van der Waals surface area contributed by atoms with Crippen molar-refractivity contribution in [2.45, 2.75) is 51.0 Å². The van der Waals surface area contributed by atoms with Gasteiger partial charge in [0.2, 0.25) is 16.0 Å². The van der Waals surface area contributed by atoms with Crippen LogP contribution in [0, 0.1) is 6.92 Å². The number of halogens is 1. The third-order valence-corrected chi connectivity index (χ3v) is 7.56. The van der Waals surface area contributed by atoms with Gasteiger partial charge in [0.05, 0.1) is 4.90 Å². The molecule has 0 saturated carbocycles. The predicted octanol–water partition coefficient (Wildman–Crippen LogP) is 5.25. The van der Waals surface area contributed by atoms with Gasteiger partial charge in [-0.1, -0.05) is 6.07 Å². The van der Waals surface area contributed by atoms with Gasteiger partial charge in [-0.3, -0.25) is 4.90 Å². The summed E-state index contributed by atoms with van der Waals surface area (Å²) >= 11 is 0. The van der Waals surface area contributed by atoms with Gasteiger partial charge in [0, 0.05) is 35.2 Å². The van der Waals surface area contributed by atoms with Gasteiger partial charge in [-0.15, -0.1) is 12.4 Å². The van der Waals surface area contributed by atoms with Crippen molar-refractivity contribution >= 4 is 45.6 Å². The van der Waals surface area contributed by atoms with E-state index in [0.717, 1.165) is 23.5 Å². The summed E-state index contributed by atoms with van der Waals surface area (Å²) in [6.45, 7) is 11.3. The van der Waals surface area contributed by atoms with Gasteiger partial charge in [0.15, 0.2) is 0 Å². The van der Waals surface area contributed by atoms with Crippen LogP contribution in [0.3, 0.4) is 0 Å². The fourth-order valence-corrected chi connectivity index (χ4v) is 5.49. The fourth-order valence-electron chi connectivity index (χ4n) is 4.03. The summed E-state index contributed by atoms with van der Waals surface area (Å²) in [6.07, 6.45) is 4.28. The number of anilines is 4. The number of aromatic nitrogens is 2. The van der Waals surface area contributed by atoms with Crippen LogP contribution in [0.15, 0.2) is 59.6 Å². The Kier molecular flexibility index (Phi) is 9.94. The second kappa shape index (κ2) is 12.8. The Balaban J connectivity index is 0.00000400. The van der Waals surface area contributed by atoms with E-state index in [2.05, 4.69) is 30.2 Å². The minimum absolute atomic E-state index is 0. The van der Waals surface area contributed by atoms with Gasteiger partial charge < -0.3 is 15.4 Å². The lowest BCUT2D eigenvalue weighted by atomic mass is 10.1. The van der Waals surface area contributed by atoms with E-state index in [9.17, 15) is 8.42 Å². The van der Waals surface area contributed by atoms with Crippen LogP contribution in [0.4, 0.5) is 23.1 Å². The third kappa shape index (κ3) is 8.56. The third-order valence-electron chi connectivity index (χ3n) is 5.80. The lowest BCUT2D eigenvalue weighted by Gasteiger charge is -2.20. The first-order valence-electron chi connectivity index (χ1n) is 12.5. The fraction of sp³-hybridized carbons (Fsp3) is 0.407. The van der Waals surface area contributed by atoms with Crippen LogP contribution in [-0.2, 0) is 10.0 Å². The van der Waals surface area contributed by atoms with Crippen molar-refractivity contribution in [3.05, 3.63) is 60.3 Å². The maximum atomic E-state index is 12.7. The Hall–Kier alpha value is -2.92. The zero-order chi connectivity index (χ0) is 26.5. The van der Waals surface area contributed by atoms with Gasteiger partial charge in [-0.2, -0.15) is 4.98 Å². The maximum absolute atomic E-state index is 12.7. The topological polar surface area (TPSA) is 108 Å². The minimum atomic E-state index is -3.65. The Morgan fingerprint density at radius 2 is 1.71 bits per heavy atom. The van der Waals surface area contributed by atoms with Crippen molar-refractivity contribution in [1.82, 2.24) is 19.6 Å². The van der Waals surface area contributed by atoms with Crippen molar-refractivity contribution in [3.8, 4) is 5.75 Å². The van der Waals surface area contributed by atoms with E-state index in [0.29, 0.717) is 24.1 Å². The Morgan fingerprint density at radius 3 is 2.39 bits per heavy atom. The van der Waals surface area contributed by atoms with Crippen molar-refractivity contribution < 1.29 is 13.2 Å². The van der Waals surface area contributed by atoms with Crippen LogP contribution in [0.2, 0.25) is 0 Å². The molecule has 206 valence electrons. The smallest absolute Gasteiger partial charge is 0.241 e. The molecule has 0 bridgehead atoms. The lowest BCUT2D eigenvalue weighted by molar-refractivity contribution is 0.238. The minimum Gasteiger partial charge on any atom is -0.492 e. The highest BCUT2D eigenvalue weighted by atomic mass is 35.5. The number of sulfonamides is 1. The summed E-state index contributed by atoms with van der Waals surface area (Å²) < 4.78 is 34.0. The molecule has 1 saturated heterocycles. The Morgan fingerprint density at radius 1 is 1.00 bits per heavy atom. The molecule has 2 heterocycles. The molecule has 0 aliphatic carbocycles. The number of likely N-dealkylation sites (tertiary alicyclic amines) is 1. The summed E-state index contributed by atoms with van der Waals surface area (Å²) in [7, 11) is -3.65. The highest BCUT2D eigenvalue weighted by molar-refractivity contribution is 7.89. The van der Waals surface area contributed by atoms with Crippen LogP contribution >= 0.6 is 12.4 Å². The molecular weight excluding hydrogens is 524 g/mol. The zero-order valence-corrected chi connectivity index (χ0v) is 24.0. The van der Waals surface area contributed by atoms with Crippen molar-refractivity contribution in [2.75, 3.05) is 36.9 Å². The van der Waals surface area contributed by atoms with Gasteiger partial charge in [0.1, 0.15) is 18.2 Å². The van der Waals surface area contributed by atoms with Crippen LogP contribution in [-0.4, -0.2) is 55.1 Å². The van der Waals surface area contributed by atoms with E-state index in [1.807, 2.05) is 52.0 Å². The molecule has 0 amide bonds. The maximum Gasteiger partial charge on any atom is 0.241 e. The van der Waals surface area contributed by atoms with Crippen LogP contribution in [0.25, 0.3) is 0 Å². The summed E-state index contributed by atoms with van der Waals surface area (Å²) in [6, 6.07) is 14.4. The normalized spacial score (nSPS) is 14.1. The molecule has 0 atom stereocenters. The molecule has 1 aliphatic heterocycles. The van der Waals surface area contributed by atoms with E-state index in [-0.39, 0.29) is 17.3 Å². The van der Waals surface area contributed by atoms with Crippen molar-refractivity contribution in [3.63, 3.8) is 0 Å². The monoisotopic (exact) mass is 560 g/mol. The molecule has 0 unspecified atom stereocenters. The van der Waals surface area contributed by atoms with Gasteiger partial charge in [0.25, 0.3) is 0 Å². The van der Waals surface area contributed by atoms with Crippen LogP contribution < -0.4 is 20.1 Å². The molecule has 3 aromatic rings. The quantitative estimate of drug-likeness (QED) is 0.309. The molecule has 11 heteroatoms. The Labute approximate surface area is 231 Å². The van der Waals surface area contributed by atoms with Gasteiger partial charge in [-0.05, 0) is 96.1 Å². The number of rotatable bonds is 10. The van der Waals surface area contributed by atoms with E-state index >= 15 is 0 Å². The highest BCUT2D eigenvalue weighted by Crippen LogP contribution is 2.24. The van der Waals surface area contributed by atoms with Gasteiger partial charge >= 0.3 is 0 Å². The van der Waals surface area contributed by atoms with E-state index in [1.54, 1.807) is 30.5 Å². The standard InChI is InChI=1S/C27H36N6O3S.ClH/c1-20-19-28-26(30-21-10-12-23(13-11-21)36-17-16-33-14-5-6-15-33)31-25(20)29-22-8-7-9-24(18-22)37(34,35)32-27(2,3)4;/h7-13,18-19,32H,5-6,14-17H2,1-4H3,(H2,28,29,30,31);1H. The first-order chi connectivity index (χ1) is 17.6. The largest absolute Gasteiger partial charge is 0.492 e. The molecule has 1 aromatic heterocycles. The number of ether oxygens (including phenoxy) is 1. The average molecular weight is 561 g/mol. The molecule has 4 rings (SSSR count). The Bertz CT molecular complexity index is 1310. The predicted molar refractivity (Wildman–Crippen MR) is 155 cm³/mol. The summed E-state index contributed by atoms with van der Waals surface area (Å²) in [5.41, 5.74) is 1.70. The molecule has 0 radical (unpaired) electrons. The first-order valence-corrected chi connectivity index (χ1v) is 14.0. The molecule has 3 N–H and O–H groups in total. The zero-order valence-electron chi connectivity index (χ0n) is 22.3. The van der Waals surface area contributed by atoms with E-state index in [1.165, 1.54) is 25.9 Å². The SMILES string of the molecule is Cc1cnc(Nc2ccc(OCCN3CCCC3)cc2)nc1Nc1cccc(S(=O)(=O)NC(C)(C)C)c1.Cl. The number of hydrogen-bond donors (Lipinski definition) is 3. The summed E-state index contributed by atoms with van der Waals surface area (Å²) in [5, 5.41) is 6.44. The van der Waals surface area contributed by atoms with Crippen LogP contribution in [0.5, 0.6) is 5.75 Å². The lowest BCUT2D eigenvalue weighted by Crippen LogP contribution is -2.40. The van der Waals surface area contributed by atoms with E-state index < -0.39 is 15.6 Å². The van der Waals surface area contributed by atoms with Crippen LogP contribution in [0.1, 0.15) is 39.2 Å². The van der Waals surface area contributed by atoms with Gasteiger partial charge in [-0.25, -0.2) is 18.1 Å². The first kappa shape index (κ1) is 29.6. The number of benzene rings is 2. The highest BCUT2D eigenvalue weighted by Gasteiger charge is 2.22. The molecular formula is C27H37ClN6O3S. The second-order valence-corrected chi connectivity index (χ2v) is 12.0. The number of hydrogen-bond acceptors (Lipinski definition) is 8. The average Bonchev–Trinajstić information content (AvgIpc) is 3.35. The molecule has 9 nitrogen and oxygen atoms in total. The second-order valence-electron chi connectivity index (χ2n) is 10.3. The molecule has 0 spiro atoms. The molecule has 1 aliphatic rings. The van der Waals surface area contributed by atoms with E-state index in [4.69, 9.17) is 4.74 Å². The number of nitrogens with one attached hydrogen (secondary N) is 3. The molecule has 38 heavy (non-hydrogen) atoms. The summed E-state index contributed by atoms with van der Waals surface area (Å²) in [4.78, 5) is 11.6. The number of nitrogens with zero attached hydrogens (tertiary/aromatic N) is 3. The molecule has 1 fully saturated rings. The molecule has 2 aromatic carbocycles.